The molecular formula is C20H23N5OS. The van der Waals surface area contributed by atoms with Crippen molar-refractivity contribution in [1.82, 2.24) is 24.8 Å². The van der Waals surface area contributed by atoms with Gasteiger partial charge >= 0.3 is 0 Å². The molecule has 27 heavy (non-hydrogen) atoms. The van der Waals surface area contributed by atoms with E-state index in [0.717, 1.165) is 58.2 Å². The molecule has 0 aromatic carbocycles. The predicted molar refractivity (Wildman–Crippen MR) is 108 cm³/mol. The maximum Gasteiger partial charge on any atom is 0.152 e. The quantitative estimate of drug-likeness (QED) is 0.676. The van der Waals surface area contributed by atoms with Crippen molar-refractivity contribution in [2.75, 3.05) is 39.8 Å². The van der Waals surface area contributed by atoms with Crippen LogP contribution in [0.1, 0.15) is 10.7 Å². The summed E-state index contributed by atoms with van der Waals surface area (Å²) >= 11 is 1.63. The summed E-state index contributed by atoms with van der Waals surface area (Å²) in [6.07, 6.45) is 5.88. The van der Waals surface area contributed by atoms with E-state index in [-0.39, 0.29) is 5.78 Å². The number of carbonyl (C=O) groups excluding carboxylic acids is 1. The minimum atomic E-state index is 0.221. The maximum absolute atomic E-state index is 12.5. The molecule has 1 saturated heterocycles. The van der Waals surface area contributed by atoms with Gasteiger partial charge in [0.2, 0.25) is 0 Å². The van der Waals surface area contributed by atoms with Crippen molar-refractivity contribution in [1.29, 1.82) is 0 Å². The van der Waals surface area contributed by atoms with Crippen LogP contribution in [0.25, 0.3) is 21.3 Å². The lowest BCUT2D eigenvalue weighted by atomic mass is 10.1. The molecule has 0 amide bonds. The van der Waals surface area contributed by atoms with E-state index in [9.17, 15) is 4.79 Å². The van der Waals surface area contributed by atoms with Gasteiger partial charge in [-0.2, -0.15) is 0 Å². The van der Waals surface area contributed by atoms with Crippen molar-refractivity contribution < 1.29 is 4.79 Å². The highest BCUT2D eigenvalue weighted by Crippen LogP contribution is 2.26. The highest BCUT2D eigenvalue weighted by molar-refractivity contribution is 7.15. The van der Waals surface area contributed by atoms with Gasteiger partial charge in [0.1, 0.15) is 0 Å². The third-order valence-electron chi connectivity index (χ3n) is 4.91. The van der Waals surface area contributed by atoms with Crippen LogP contribution in [-0.2, 0) is 11.2 Å². The Kier molecular flexibility index (Phi) is 5.24. The fourth-order valence-electron chi connectivity index (χ4n) is 3.31. The smallest absolute Gasteiger partial charge is 0.152 e. The number of Topliss-reactive ketones (excluding diaryl/α,β-unsaturated/α-hetero) is 1. The first-order valence-corrected chi connectivity index (χ1v) is 9.98. The number of likely N-dealkylation sites (N-methyl/N-ethyl adjacent to an activating group) is 1. The standard InChI is InChI=1S/C20H23N5OS/c1-14-21-12-20(27-14)19-8-15-7-17(22-10-16(15)11-23-19)9-18(26)13-25-5-3-24(2)4-6-25/h7-8,10-12H,3-6,9,13H2,1-2H3. The van der Waals surface area contributed by atoms with Crippen molar-refractivity contribution in [3.8, 4) is 10.6 Å². The monoisotopic (exact) mass is 381 g/mol. The lowest BCUT2D eigenvalue weighted by Crippen LogP contribution is -2.46. The zero-order valence-corrected chi connectivity index (χ0v) is 16.5. The Bertz CT molecular complexity index is 962. The van der Waals surface area contributed by atoms with Gasteiger partial charge in [0.15, 0.2) is 5.78 Å². The van der Waals surface area contributed by atoms with Gasteiger partial charge in [0.25, 0.3) is 0 Å². The van der Waals surface area contributed by atoms with E-state index < -0.39 is 0 Å². The van der Waals surface area contributed by atoms with Crippen molar-refractivity contribution in [3.63, 3.8) is 0 Å². The molecule has 7 heteroatoms. The fraction of sp³-hybridized carbons (Fsp3) is 0.400. The van der Waals surface area contributed by atoms with Crippen molar-refractivity contribution in [2.45, 2.75) is 13.3 Å². The van der Waals surface area contributed by atoms with Gasteiger partial charge in [0, 0.05) is 55.8 Å². The summed E-state index contributed by atoms with van der Waals surface area (Å²) in [5.41, 5.74) is 1.73. The molecule has 0 saturated carbocycles. The van der Waals surface area contributed by atoms with Gasteiger partial charge in [-0.15, -0.1) is 11.3 Å². The van der Waals surface area contributed by atoms with E-state index in [1.165, 1.54) is 0 Å². The van der Waals surface area contributed by atoms with Crippen LogP contribution in [0.15, 0.2) is 30.7 Å². The van der Waals surface area contributed by atoms with Gasteiger partial charge < -0.3 is 4.90 Å². The molecule has 0 atom stereocenters. The predicted octanol–water partition coefficient (Wildman–Crippen LogP) is 2.42. The number of rotatable bonds is 5. The fourth-order valence-corrected chi connectivity index (χ4v) is 4.05. The van der Waals surface area contributed by atoms with Crippen LogP contribution in [0, 0.1) is 6.92 Å². The first-order chi connectivity index (χ1) is 13.1. The summed E-state index contributed by atoms with van der Waals surface area (Å²) in [6.45, 7) is 6.45. The van der Waals surface area contributed by atoms with Gasteiger partial charge in [-0.25, -0.2) is 4.98 Å². The number of aromatic nitrogens is 3. The summed E-state index contributed by atoms with van der Waals surface area (Å²) in [4.78, 5) is 31.3. The van der Waals surface area contributed by atoms with E-state index >= 15 is 0 Å². The SMILES string of the molecule is Cc1ncc(-c2cc3cc(CC(=O)CN4CCN(C)CC4)ncc3cn2)s1. The third-order valence-corrected chi connectivity index (χ3v) is 5.84. The molecule has 3 aromatic heterocycles. The number of ketones is 1. The Morgan fingerprint density at radius 1 is 1.04 bits per heavy atom. The van der Waals surface area contributed by atoms with E-state index in [1.807, 2.05) is 31.6 Å². The van der Waals surface area contributed by atoms with Gasteiger partial charge in [0.05, 0.1) is 28.5 Å². The minimum Gasteiger partial charge on any atom is -0.304 e. The van der Waals surface area contributed by atoms with E-state index in [4.69, 9.17) is 0 Å². The average molecular weight is 382 g/mol. The maximum atomic E-state index is 12.5. The molecule has 1 aliphatic rings. The molecular weight excluding hydrogens is 358 g/mol. The van der Waals surface area contributed by atoms with Crippen molar-refractivity contribution in [3.05, 3.63) is 41.4 Å². The summed E-state index contributed by atoms with van der Waals surface area (Å²) in [7, 11) is 2.12. The molecule has 0 aliphatic carbocycles. The number of thiazole rings is 1. The van der Waals surface area contributed by atoms with Crippen molar-refractivity contribution >= 4 is 27.9 Å². The van der Waals surface area contributed by atoms with E-state index in [2.05, 4.69) is 37.9 Å². The molecule has 0 spiro atoms. The number of fused-ring (bicyclic) bond motifs is 1. The summed E-state index contributed by atoms with van der Waals surface area (Å²) in [5.74, 6) is 0.221. The van der Waals surface area contributed by atoms with Crippen LogP contribution in [-0.4, -0.2) is 70.3 Å². The summed E-state index contributed by atoms with van der Waals surface area (Å²) in [5, 5.41) is 3.07. The zero-order valence-electron chi connectivity index (χ0n) is 15.7. The molecule has 1 aliphatic heterocycles. The molecule has 0 N–H and O–H groups in total. The summed E-state index contributed by atoms with van der Waals surface area (Å²) < 4.78 is 0. The second-order valence-corrected chi connectivity index (χ2v) is 8.37. The number of hydrogen-bond donors (Lipinski definition) is 0. The van der Waals surface area contributed by atoms with Crippen LogP contribution in [0.3, 0.4) is 0 Å². The molecule has 4 rings (SSSR count). The Morgan fingerprint density at radius 2 is 1.81 bits per heavy atom. The van der Waals surface area contributed by atoms with Crippen molar-refractivity contribution in [2.24, 2.45) is 0 Å². The normalized spacial score (nSPS) is 16.1. The number of hydrogen-bond acceptors (Lipinski definition) is 7. The van der Waals surface area contributed by atoms with E-state index in [0.29, 0.717) is 13.0 Å². The molecule has 140 valence electrons. The van der Waals surface area contributed by atoms with E-state index in [1.54, 1.807) is 11.3 Å². The Labute approximate surface area is 162 Å². The largest absolute Gasteiger partial charge is 0.304 e. The number of aryl methyl sites for hydroxylation is 1. The Hall–Kier alpha value is -2.22. The summed E-state index contributed by atoms with van der Waals surface area (Å²) in [6, 6.07) is 4.06. The highest BCUT2D eigenvalue weighted by Gasteiger charge is 2.17. The second-order valence-electron chi connectivity index (χ2n) is 7.13. The lowest BCUT2D eigenvalue weighted by molar-refractivity contribution is -0.120. The van der Waals surface area contributed by atoms with Crippen LogP contribution >= 0.6 is 11.3 Å². The highest BCUT2D eigenvalue weighted by atomic mass is 32.1. The minimum absolute atomic E-state index is 0.221. The molecule has 1 fully saturated rings. The lowest BCUT2D eigenvalue weighted by Gasteiger charge is -2.31. The zero-order chi connectivity index (χ0) is 18.8. The first kappa shape index (κ1) is 18.2. The second kappa shape index (κ2) is 7.80. The molecule has 6 nitrogen and oxygen atoms in total. The van der Waals surface area contributed by atoms with Crippen LogP contribution in [0.4, 0.5) is 0 Å². The number of carbonyl (C=O) groups is 1. The molecule has 0 unspecified atom stereocenters. The van der Waals surface area contributed by atoms with Gasteiger partial charge in [-0.05, 0) is 31.5 Å². The number of pyridine rings is 2. The Balaban J connectivity index is 1.48. The van der Waals surface area contributed by atoms with Gasteiger partial charge in [-0.3, -0.25) is 19.7 Å². The number of piperazine rings is 1. The molecule has 0 radical (unpaired) electrons. The molecule has 3 aromatic rings. The third kappa shape index (κ3) is 4.37. The molecule has 0 bridgehead atoms. The topological polar surface area (TPSA) is 62.2 Å². The van der Waals surface area contributed by atoms with Crippen LogP contribution in [0.5, 0.6) is 0 Å². The number of nitrogens with zero attached hydrogens (tertiary/aromatic N) is 5. The van der Waals surface area contributed by atoms with Crippen LogP contribution in [0.2, 0.25) is 0 Å². The molecule has 4 heterocycles. The van der Waals surface area contributed by atoms with Gasteiger partial charge in [-0.1, -0.05) is 0 Å². The average Bonchev–Trinajstić information content (AvgIpc) is 3.09. The Morgan fingerprint density at radius 3 is 2.56 bits per heavy atom. The first-order valence-electron chi connectivity index (χ1n) is 9.17. The van der Waals surface area contributed by atoms with Crippen LogP contribution < -0.4 is 0 Å².